The van der Waals surface area contributed by atoms with Crippen LogP contribution in [0.5, 0.6) is 0 Å². The molecule has 0 fully saturated rings. The summed E-state index contributed by atoms with van der Waals surface area (Å²) in [6, 6.07) is 9.31. The second-order valence-electron chi connectivity index (χ2n) is 5.14. The smallest absolute Gasteiger partial charge is 0.312 e. The average molecular weight is 343 g/mol. The zero-order chi connectivity index (χ0) is 16.9. The minimum absolute atomic E-state index is 0.0547. The number of aromatic nitrogens is 2. The maximum atomic E-state index is 12.3. The SMILES string of the molecule is CCN(C(=O)COC(=O)Cc1cn2ccsc2n1)c1ccccc1. The molecule has 7 heteroatoms. The van der Waals surface area contributed by atoms with E-state index < -0.39 is 5.97 Å². The van der Waals surface area contributed by atoms with Gasteiger partial charge in [-0.2, -0.15) is 0 Å². The fourth-order valence-electron chi connectivity index (χ4n) is 2.39. The fourth-order valence-corrected chi connectivity index (χ4v) is 3.11. The molecule has 3 aromatic rings. The quantitative estimate of drug-likeness (QED) is 0.645. The number of hydrogen-bond acceptors (Lipinski definition) is 5. The lowest BCUT2D eigenvalue weighted by molar-refractivity contribution is -0.147. The Balaban J connectivity index is 1.55. The van der Waals surface area contributed by atoms with E-state index in [4.69, 9.17) is 4.74 Å². The third-order valence-electron chi connectivity index (χ3n) is 3.51. The van der Waals surface area contributed by atoms with E-state index in [0.717, 1.165) is 10.6 Å². The highest BCUT2D eigenvalue weighted by Gasteiger charge is 2.16. The minimum Gasteiger partial charge on any atom is -0.455 e. The van der Waals surface area contributed by atoms with Gasteiger partial charge in [0.15, 0.2) is 11.6 Å². The van der Waals surface area contributed by atoms with Gasteiger partial charge in [0.25, 0.3) is 5.91 Å². The molecule has 24 heavy (non-hydrogen) atoms. The van der Waals surface area contributed by atoms with Gasteiger partial charge < -0.3 is 9.64 Å². The summed E-state index contributed by atoms with van der Waals surface area (Å²) in [6.07, 6.45) is 3.72. The van der Waals surface area contributed by atoms with Crippen molar-refractivity contribution in [1.82, 2.24) is 9.38 Å². The molecule has 6 nitrogen and oxygen atoms in total. The second kappa shape index (κ2) is 7.27. The molecule has 0 saturated carbocycles. The average Bonchev–Trinajstić information content (AvgIpc) is 3.16. The summed E-state index contributed by atoms with van der Waals surface area (Å²) < 4.78 is 6.96. The van der Waals surface area contributed by atoms with E-state index in [1.54, 1.807) is 11.1 Å². The molecule has 0 aliphatic heterocycles. The summed E-state index contributed by atoms with van der Waals surface area (Å²) in [5, 5.41) is 1.92. The lowest BCUT2D eigenvalue weighted by Crippen LogP contribution is -2.34. The number of anilines is 1. The Morgan fingerprint density at radius 1 is 1.29 bits per heavy atom. The van der Waals surface area contributed by atoms with Crippen LogP contribution < -0.4 is 4.90 Å². The van der Waals surface area contributed by atoms with E-state index in [-0.39, 0.29) is 18.9 Å². The molecule has 0 saturated heterocycles. The molecule has 2 aromatic heterocycles. The van der Waals surface area contributed by atoms with Crippen LogP contribution in [-0.4, -0.2) is 34.4 Å². The van der Waals surface area contributed by atoms with Crippen molar-refractivity contribution in [2.24, 2.45) is 0 Å². The maximum Gasteiger partial charge on any atom is 0.312 e. The molecule has 2 heterocycles. The van der Waals surface area contributed by atoms with Gasteiger partial charge in [0.2, 0.25) is 0 Å². The van der Waals surface area contributed by atoms with Gasteiger partial charge in [0.05, 0.1) is 12.1 Å². The van der Waals surface area contributed by atoms with Crippen molar-refractivity contribution in [1.29, 1.82) is 0 Å². The van der Waals surface area contributed by atoms with Crippen LogP contribution in [0.25, 0.3) is 4.96 Å². The number of amides is 1. The Bertz CT molecular complexity index is 813. The first-order valence-corrected chi connectivity index (χ1v) is 8.47. The Morgan fingerprint density at radius 3 is 2.79 bits per heavy atom. The zero-order valence-electron chi connectivity index (χ0n) is 13.2. The zero-order valence-corrected chi connectivity index (χ0v) is 14.0. The van der Waals surface area contributed by atoms with E-state index in [1.165, 1.54) is 11.3 Å². The van der Waals surface area contributed by atoms with Crippen molar-refractivity contribution in [2.75, 3.05) is 18.1 Å². The first-order valence-electron chi connectivity index (χ1n) is 7.59. The van der Waals surface area contributed by atoms with Gasteiger partial charge in [-0.3, -0.25) is 14.0 Å². The highest BCUT2D eigenvalue weighted by atomic mass is 32.1. The number of ether oxygens (including phenoxy) is 1. The summed E-state index contributed by atoms with van der Waals surface area (Å²) in [6.45, 7) is 2.12. The molecule has 1 amide bonds. The molecule has 0 aliphatic rings. The van der Waals surface area contributed by atoms with Gasteiger partial charge in [-0.25, -0.2) is 4.98 Å². The van der Waals surface area contributed by atoms with Gasteiger partial charge in [-0.1, -0.05) is 18.2 Å². The molecule has 0 spiro atoms. The van der Waals surface area contributed by atoms with Crippen LogP contribution in [0.1, 0.15) is 12.6 Å². The van der Waals surface area contributed by atoms with Gasteiger partial charge in [-0.15, -0.1) is 11.3 Å². The summed E-state index contributed by atoms with van der Waals surface area (Å²) in [5.41, 5.74) is 1.42. The largest absolute Gasteiger partial charge is 0.455 e. The van der Waals surface area contributed by atoms with E-state index in [2.05, 4.69) is 4.98 Å². The van der Waals surface area contributed by atoms with Crippen molar-refractivity contribution in [3.05, 3.63) is 53.8 Å². The fraction of sp³-hybridized carbons (Fsp3) is 0.235. The van der Waals surface area contributed by atoms with Gasteiger partial charge in [0.1, 0.15) is 0 Å². The molecule has 0 radical (unpaired) electrons. The number of fused-ring (bicyclic) bond motifs is 1. The van der Waals surface area contributed by atoms with E-state index in [9.17, 15) is 9.59 Å². The number of esters is 1. The van der Waals surface area contributed by atoms with Gasteiger partial charge in [0, 0.05) is 30.0 Å². The van der Waals surface area contributed by atoms with Crippen LogP contribution in [0.2, 0.25) is 0 Å². The Morgan fingerprint density at radius 2 is 2.08 bits per heavy atom. The van der Waals surface area contributed by atoms with Crippen LogP contribution in [0.15, 0.2) is 48.1 Å². The first-order chi connectivity index (χ1) is 11.7. The normalized spacial score (nSPS) is 10.7. The molecule has 0 unspecified atom stereocenters. The standard InChI is InChI=1S/C17H17N3O3S/c1-2-20(14-6-4-3-5-7-14)15(21)12-23-16(22)10-13-11-19-8-9-24-17(19)18-13/h3-9,11H,2,10,12H2,1H3. The van der Waals surface area contributed by atoms with Crippen LogP contribution in [0, 0.1) is 0 Å². The molecule has 0 bridgehead atoms. The summed E-state index contributed by atoms with van der Waals surface area (Å²) in [4.78, 5) is 30.9. The Kier molecular flexibility index (Phi) is 4.90. The third kappa shape index (κ3) is 3.62. The number of thiazole rings is 1. The van der Waals surface area contributed by atoms with Crippen molar-refractivity contribution in [3.8, 4) is 0 Å². The lowest BCUT2D eigenvalue weighted by Gasteiger charge is -2.20. The topological polar surface area (TPSA) is 63.9 Å². The summed E-state index contributed by atoms with van der Waals surface area (Å²) >= 11 is 1.50. The van der Waals surface area contributed by atoms with Gasteiger partial charge in [-0.05, 0) is 19.1 Å². The van der Waals surface area contributed by atoms with Crippen molar-refractivity contribution < 1.29 is 14.3 Å². The number of para-hydroxylation sites is 1. The van der Waals surface area contributed by atoms with E-state index in [1.807, 2.05) is 53.2 Å². The lowest BCUT2D eigenvalue weighted by atomic mass is 10.3. The highest BCUT2D eigenvalue weighted by molar-refractivity contribution is 7.15. The molecule has 124 valence electrons. The van der Waals surface area contributed by atoms with Crippen LogP contribution >= 0.6 is 11.3 Å². The summed E-state index contributed by atoms with van der Waals surface area (Å²) in [5.74, 6) is -0.707. The molecule has 0 aliphatic carbocycles. The number of carbonyl (C=O) groups is 2. The minimum atomic E-state index is -0.460. The first kappa shape index (κ1) is 16.2. The predicted octanol–water partition coefficient (Wildman–Crippen LogP) is 2.53. The molecule has 0 N–H and O–H groups in total. The molecule has 1 aromatic carbocycles. The monoisotopic (exact) mass is 343 g/mol. The molecule has 3 rings (SSSR count). The summed E-state index contributed by atoms with van der Waals surface area (Å²) in [7, 11) is 0. The number of imidazole rings is 1. The van der Waals surface area contributed by atoms with Crippen molar-refractivity contribution in [3.63, 3.8) is 0 Å². The number of benzene rings is 1. The Labute approximate surface area is 143 Å². The third-order valence-corrected chi connectivity index (χ3v) is 4.28. The second-order valence-corrected chi connectivity index (χ2v) is 6.01. The molecular weight excluding hydrogens is 326 g/mol. The van der Waals surface area contributed by atoms with Gasteiger partial charge >= 0.3 is 5.97 Å². The maximum absolute atomic E-state index is 12.3. The van der Waals surface area contributed by atoms with Crippen LogP contribution in [-0.2, 0) is 20.7 Å². The highest BCUT2D eigenvalue weighted by Crippen LogP contribution is 2.14. The number of likely N-dealkylation sites (N-methyl/N-ethyl adjacent to an activating group) is 1. The predicted molar refractivity (Wildman–Crippen MR) is 92.2 cm³/mol. The number of rotatable bonds is 6. The van der Waals surface area contributed by atoms with E-state index >= 15 is 0 Å². The molecular formula is C17H17N3O3S. The number of carbonyl (C=O) groups excluding carboxylic acids is 2. The van der Waals surface area contributed by atoms with Crippen molar-refractivity contribution in [2.45, 2.75) is 13.3 Å². The van der Waals surface area contributed by atoms with E-state index in [0.29, 0.717) is 12.2 Å². The van der Waals surface area contributed by atoms with Crippen molar-refractivity contribution >= 4 is 33.9 Å². The Hall–Kier alpha value is -2.67. The molecule has 0 atom stereocenters. The number of nitrogens with zero attached hydrogens (tertiary/aromatic N) is 3. The van der Waals surface area contributed by atoms with Crippen LogP contribution in [0.3, 0.4) is 0 Å². The number of hydrogen-bond donors (Lipinski definition) is 0. The van der Waals surface area contributed by atoms with Crippen LogP contribution in [0.4, 0.5) is 5.69 Å².